The van der Waals surface area contributed by atoms with Crippen molar-refractivity contribution in [3.8, 4) is 0 Å². The molecule has 0 spiro atoms. The molecule has 0 bridgehead atoms. The molecule has 1 aromatic heterocycles. The number of aryl methyl sites for hydroxylation is 2. The largest absolute Gasteiger partial charge is 0.335 e. The molecule has 0 unspecified atom stereocenters. The van der Waals surface area contributed by atoms with Gasteiger partial charge in [0.2, 0.25) is 5.69 Å². The smallest absolute Gasteiger partial charge is 0.320 e. The normalized spacial score (nSPS) is 15.4. The van der Waals surface area contributed by atoms with Gasteiger partial charge in [0.05, 0.1) is 4.92 Å². The third-order valence-electron chi connectivity index (χ3n) is 4.47. The van der Waals surface area contributed by atoms with Crippen molar-refractivity contribution in [1.82, 2.24) is 19.6 Å². The Morgan fingerprint density at radius 1 is 1.28 bits per heavy atom. The Kier molecular flexibility index (Phi) is 4.80. The molecular formula is C17H21N5O3. The van der Waals surface area contributed by atoms with E-state index in [0.717, 1.165) is 25.8 Å². The minimum atomic E-state index is -0.561. The predicted octanol–water partition coefficient (Wildman–Crippen LogP) is 1.59. The van der Waals surface area contributed by atoms with E-state index in [2.05, 4.69) is 35.1 Å². The van der Waals surface area contributed by atoms with Gasteiger partial charge in [0.1, 0.15) is 6.20 Å². The van der Waals surface area contributed by atoms with Gasteiger partial charge in [0.15, 0.2) is 0 Å². The Bertz CT molecular complexity index is 793. The second kappa shape index (κ2) is 7.02. The van der Waals surface area contributed by atoms with Gasteiger partial charge in [-0.15, -0.1) is 0 Å². The summed E-state index contributed by atoms with van der Waals surface area (Å²) in [6.07, 6.45) is 1.13. The monoisotopic (exact) mass is 343 g/mol. The van der Waals surface area contributed by atoms with Crippen molar-refractivity contribution >= 4 is 11.6 Å². The molecule has 2 heterocycles. The highest BCUT2D eigenvalue weighted by Gasteiger charge is 2.31. The molecular weight excluding hydrogens is 322 g/mol. The number of amides is 1. The van der Waals surface area contributed by atoms with E-state index in [1.165, 1.54) is 15.8 Å². The van der Waals surface area contributed by atoms with E-state index < -0.39 is 4.92 Å². The summed E-state index contributed by atoms with van der Waals surface area (Å²) in [6.45, 7) is 5.49. The van der Waals surface area contributed by atoms with E-state index in [1.807, 2.05) is 6.07 Å². The Labute approximate surface area is 145 Å². The number of carbonyl (C=O) groups excluding carboxylic acids is 1. The van der Waals surface area contributed by atoms with Crippen LogP contribution in [0.3, 0.4) is 0 Å². The summed E-state index contributed by atoms with van der Waals surface area (Å²) in [7, 11) is 1.55. The molecule has 1 amide bonds. The average Bonchev–Trinajstić information content (AvgIpc) is 2.97. The van der Waals surface area contributed by atoms with E-state index in [4.69, 9.17) is 0 Å². The fraction of sp³-hybridized carbons (Fsp3) is 0.412. The van der Waals surface area contributed by atoms with Gasteiger partial charge in [-0.3, -0.25) is 24.5 Å². The number of carbonyl (C=O) groups is 1. The lowest BCUT2D eigenvalue weighted by Crippen LogP contribution is -2.48. The number of nitro groups is 1. The Hall–Kier alpha value is -2.74. The lowest BCUT2D eigenvalue weighted by atomic mass is 10.1. The second-order valence-corrected chi connectivity index (χ2v) is 6.32. The molecule has 25 heavy (non-hydrogen) atoms. The summed E-state index contributed by atoms with van der Waals surface area (Å²) >= 11 is 0. The van der Waals surface area contributed by atoms with Crippen molar-refractivity contribution in [2.75, 3.05) is 26.2 Å². The van der Waals surface area contributed by atoms with E-state index in [0.29, 0.717) is 13.1 Å². The Morgan fingerprint density at radius 3 is 2.64 bits per heavy atom. The number of piperazine rings is 1. The highest BCUT2D eigenvalue weighted by Crippen LogP contribution is 2.20. The van der Waals surface area contributed by atoms with Crippen LogP contribution < -0.4 is 0 Å². The molecule has 0 aliphatic carbocycles. The van der Waals surface area contributed by atoms with Gasteiger partial charge in [0.25, 0.3) is 5.91 Å². The van der Waals surface area contributed by atoms with Gasteiger partial charge in [-0.1, -0.05) is 29.8 Å². The summed E-state index contributed by atoms with van der Waals surface area (Å²) in [4.78, 5) is 27.1. The SMILES string of the molecule is Cc1cccc(CN2CCN(C(=O)c3c([N+](=O)[O-])cnn3C)CC2)c1. The van der Waals surface area contributed by atoms with Crippen LogP contribution >= 0.6 is 0 Å². The molecule has 1 fully saturated rings. The lowest BCUT2D eigenvalue weighted by molar-refractivity contribution is -0.385. The Balaban J connectivity index is 1.63. The van der Waals surface area contributed by atoms with E-state index in [9.17, 15) is 14.9 Å². The molecule has 3 rings (SSSR count). The molecule has 0 radical (unpaired) electrons. The maximum Gasteiger partial charge on any atom is 0.320 e. The molecule has 8 heteroatoms. The number of hydrogen-bond acceptors (Lipinski definition) is 5. The predicted molar refractivity (Wildman–Crippen MR) is 92.2 cm³/mol. The molecule has 132 valence electrons. The summed E-state index contributed by atoms with van der Waals surface area (Å²) < 4.78 is 1.28. The summed E-state index contributed by atoms with van der Waals surface area (Å²) in [5.74, 6) is -0.332. The van der Waals surface area contributed by atoms with Crippen molar-refractivity contribution in [2.45, 2.75) is 13.5 Å². The van der Waals surface area contributed by atoms with Gasteiger partial charge in [-0.25, -0.2) is 0 Å². The third-order valence-corrected chi connectivity index (χ3v) is 4.47. The number of nitrogens with zero attached hydrogens (tertiary/aromatic N) is 5. The van der Waals surface area contributed by atoms with Crippen LogP contribution in [-0.2, 0) is 13.6 Å². The van der Waals surface area contributed by atoms with Crippen LogP contribution in [0, 0.1) is 17.0 Å². The maximum atomic E-state index is 12.7. The molecule has 1 saturated heterocycles. The highest BCUT2D eigenvalue weighted by molar-refractivity contribution is 5.96. The van der Waals surface area contributed by atoms with Gasteiger partial charge in [-0.2, -0.15) is 5.10 Å². The zero-order valence-corrected chi connectivity index (χ0v) is 14.4. The van der Waals surface area contributed by atoms with Crippen LogP contribution in [-0.4, -0.2) is 56.6 Å². The maximum absolute atomic E-state index is 12.7. The van der Waals surface area contributed by atoms with Crippen LogP contribution in [0.1, 0.15) is 21.6 Å². The fourth-order valence-corrected chi connectivity index (χ4v) is 3.14. The van der Waals surface area contributed by atoms with Crippen molar-refractivity contribution in [3.05, 3.63) is 57.4 Å². The number of aromatic nitrogens is 2. The second-order valence-electron chi connectivity index (χ2n) is 6.32. The first kappa shape index (κ1) is 17.1. The minimum absolute atomic E-state index is 0.0390. The zero-order valence-electron chi connectivity index (χ0n) is 14.4. The number of hydrogen-bond donors (Lipinski definition) is 0. The van der Waals surface area contributed by atoms with Gasteiger partial charge >= 0.3 is 5.69 Å². The quantitative estimate of drug-likeness (QED) is 0.622. The fourth-order valence-electron chi connectivity index (χ4n) is 3.14. The molecule has 8 nitrogen and oxygen atoms in total. The van der Waals surface area contributed by atoms with Gasteiger partial charge in [0, 0.05) is 39.8 Å². The van der Waals surface area contributed by atoms with E-state index in [-0.39, 0.29) is 17.3 Å². The average molecular weight is 343 g/mol. The van der Waals surface area contributed by atoms with Crippen molar-refractivity contribution < 1.29 is 9.72 Å². The van der Waals surface area contributed by atoms with E-state index >= 15 is 0 Å². The standard InChI is InChI=1S/C17H21N5O3/c1-13-4-3-5-14(10-13)12-20-6-8-21(9-7-20)17(23)16-15(22(24)25)11-18-19(16)2/h3-5,10-11H,6-9,12H2,1-2H3. The summed E-state index contributed by atoms with van der Waals surface area (Å²) in [6, 6.07) is 8.38. The van der Waals surface area contributed by atoms with Gasteiger partial charge in [-0.05, 0) is 12.5 Å². The molecule has 0 saturated carbocycles. The minimum Gasteiger partial charge on any atom is -0.335 e. The molecule has 1 aromatic carbocycles. The lowest BCUT2D eigenvalue weighted by Gasteiger charge is -2.34. The van der Waals surface area contributed by atoms with Crippen molar-refractivity contribution in [1.29, 1.82) is 0 Å². The van der Waals surface area contributed by atoms with Crippen LogP contribution in [0.5, 0.6) is 0 Å². The summed E-state index contributed by atoms with van der Waals surface area (Å²) in [5.41, 5.74) is 2.28. The van der Waals surface area contributed by atoms with Crippen LogP contribution in [0.15, 0.2) is 30.5 Å². The first-order valence-electron chi connectivity index (χ1n) is 8.19. The first-order chi connectivity index (χ1) is 12.0. The van der Waals surface area contributed by atoms with Gasteiger partial charge < -0.3 is 4.90 Å². The van der Waals surface area contributed by atoms with Crippen molar-refractivity contribution in [3.63, 3.8) is 0 Å². The van der Waals surface area contributed by atoms with E-state index in [1.54, 1.807) is 11.9 Å². The molecule has 1 aliphatic rings. The van der Waals surface area contributed by atoms with Crippen molar-refractivity contribution in [2.24, 2.45) is 7.05 Å². The zero-order chi connectivity index (χ0) is 18.0. The molecule has 2 aromatic rings. The highest BCUT2D eigenvalue weighted by atomic mass is 16.6. The Morgan fingerprint density at radius 2 is 2.00 bits per heavy atom. The number of rotatable bonds is 4. The third kappa shape index (κ3) is 3.69. The molecule has 1 aliphatic heterocycles. The first-order valence-corrected chi connectivity index (χ1v) is 8.19. The van der Waals surface area contributed by atoms with Crippen LogP contribution in [0.4, 0.5) is 5.69 Å². The topological polar surface area (TPSA) is 84.5 Å². The summed E-state index contributed by atoms with van der Waals surface area (Å²) in [5, 5.41) is 14.9. The number of benzene rings is 1. The molecule has 0 atom stereocenters. The van der Waals surface area contributed by atoms with Crippen LogP contribution in [0.25, 0.3) is 0 Å². The van der Waals surface area contributed by atoms with Crippen LogP contribution in [0.2, 0.25) is 0 Å². The molecule has 0 N–H and O–H groups in total.